The molecule has 0 aliphatic rings. The van der Waals surface area contributed by atoms with E-state index in [1.165, 1.54) is 13.2 Å². The van der Waals surface area contributed by atoms with Crippen molar-refractivity contribution in [3.8, 4) is 11.5 Å². The van der Waals surface area contributed by atoms with E-state index in [0.29, 0.717) is 39.1 Å². The summed E-state index contributed by atoms with van der Waals surface area (Å²) in [6, 6.07) is 3.42. The zero-order valence-corrected chi connectivity index (χ0v) is 15.7. The predicted molar refractivity (Wildman–Crippen MR) is 91.8 cm³/mol. The van der Waals surface area contributed by atoms with E-state index in [0.717, 1.165) is 11.8 Å². The van der Waals surface area contributed by atoms with Crippen molar-refractivity contribution in [3.63, 3.8) is 0 Å². The molecule has 0 radical (unpaired) electrons. The lowest BCUT2D eigenvalue weighted by Crippen LogP contribution is -2.23. The maximum Gasteiger partial charge on any atom is 0.213 e. The van der Waals surface area contributed by atoms with Gasteiger partial charge in [0.05, 0.1) is 24.2 Å². The fraction of sp³-hybridized carbons (Fsp3) is 0.267. The first-order valence-electron chi connectivity index (χ1n) is 6.94. The summed E-state index contributed by atoms with van der Waals surface area (Å²) in [6.45, 7) is 4.03. The quantitative estimate of drug-likeness (QED) is 0.549. The number of hydrogen-bond acceptors (Lipinski definition) is 7. The Hall–Kier alpha value is -2.00. The molecule has 2 aromatic rings. The van der Waals surface area contributed by atoms with Crippen LogP contribution in [0.4, 0.5) is 0 Å². The van der Waals surface area contributed by atoms with E-state index in [1.54, 1.807) is 19.1 Å². The molecule has 2 rings (SSSR count). The van der Waals surface area contributed by atoms with Crippen LogP contribution >= 0.6 is 27.7 Å². The van der Waals surface area contributed by atoms with Crippen LogP contribution in [0.3, 0.4) is 0 Å². The molecule has 24 heavy (non-hydrogen) atoms. The van der Waals surface area contributed by atoms with Gasteiger partial charge in [-0.1, -0.05) is 0 Å². The van der Waals surface area contributed by atoms with Gasteiger partial charge in [0.2, 0.25) is 5.16 Å². The monoisotopic (exact) mass is 412 g/mol. The third kappa shape index (κ3) is 4.51. The van der Waals surface area contributed by atoms with Crippen molar-refractivity contribution in [2.24, 2.45) is 0 Å². The number of halogens is 1. The molecule has 0 spiro atoms. The molecule has 0 bridgehead atoms. The van der Waals surface area contributed by atoms with Crippen molar-refractivity contribution >= 4 is 39.7 Å². The maximum absolute atomic E-state index is 11.4. The number of aryl methyl sites for hydroxylation is 1. The number of nitrogens with zero attached hydrogens (tertiary/aromatic N) is 2. The number of aromatic amines is 1. The van der Waals surface area contributed by atoms with E-state index in [2.05, 4.69) is 31.1 Å². The minimum atomic E-state index is -1.31. The first kappa shape index (κ1) is 18.3. The molecule has 0 atom stereocenters. The van der Waals surface area contributed by atoms with Crippen LogP contribution in [-0.2, 0) is 4.79 Å². The number of nitrogens with one attached hydrogen (secondary N) is 1. The average molecular weight is 413 g/mol. The van der Waals surface area contributed by atoms with Crippen LogP contribution < -0.4 is 14.6 Å². The molecule has 0 aliphatic heterocycles. The van der Waals surface area contributed by atoms with Crippen molar-refractivity contribution in [1.29, 1.82) is 0 Å². The molecule has 1 aromatic carbocycles. The van der Waals surface area contributed by atoms with Gasteiger partial charge in [0.25, 0.3) is 0 Å². The number of carbonyl (C=O) groups excluding carboxylic acids is 1. The number of ether oxygens (including phenoxy) is 2. The molecule has 0 saturated heterocycles. The van der Waals surface area contributed by atoms with E-state index >= 15 is 0 Å². The lowest BCUT2D eigenvalue weighted by atomic mass is 10.2. The molecule has 9 heteroatoms. The molecule has 1 aromatic heterocycles. The van der Waals surface area contributed by atoms with Crippen molar-refractivity contribution < 1.29 is 19.4 Å². The van der Waals surface area contributed by atoms with Gasteiger partial charge < -0.3 is 19.4 Å². The van der Waals surface area contributed by atoms with Gasteiger partial charge in [-0.25, -0.2) is 4.98 Å². The van der Waals surface area contributed by atoms with Crippen LogP contribution in [-0.4, -0.2) is 34.9 Å². The second-order valence-corrected chi connectivity index (χ2v) is 6.43. The van der Waals surface area contributed by atoms with E-state index < -0.39 is 5.97 Å². The summed E-state index contributed by atoms with van der Waals surface area (Å²) in [7, 11) is 1.53. The van der Waals surface area contributed by atoms with Crippen LogP contribution in [0.25, 0.3) is 6.08 Å². The number of aromatic nitrogens is 3. The van der Waals surface area contributed by atoms with E-state index in [1.807, 2.05) is 6.92 Å². The number of carboxylic acids is 1. The standard InChI is InChI=1S/C15H16BrN3O4S/c1-4-23-11-6-9(5-10(16)13(11)22-3)7-12(14(20)21)24-15-17-8(2)18-19-15/h5-7H,4H2,1-3H3,(H,20,21)(H,17,18,19)/p-1/b12-7+. The van der Waals surface area contributed by atoms with E-state index in [4.69, 9.17) is 9.47 Å². The Morgan fingerprint density at radius 3 is 2.79 bits per heavy atom. The third-order valence-corrected chi connectivity index (χ3v) is 4.27. The Morgan fingerprint density at radius 2 is 2.25 bits per heavy atom. The van der Waals surface area contributed by atoms with Crippen molar-refractivity contribution in [2.75, 3.05) is 13.7 Å². The molecule has 0 amide bonds. The van der Waals surface area contributed by atoms with Crippen molar-refractivity contribution in [2.45, 2.75) is 19.0 Å². The first-order chi connectivity index (χ1) is 11.4. The van der Waals surface area contributed by atoms with Crippen LogP contribution in [0.5, 0.6) is 11.5 Å². The van der Waals surface area contributed by atoms with Gasteiger partial charge in [-0.05, 0) is 65.3 Å². The Kier molecular flexibility index (Phi) is 6.27. The minimum Gasteiger partial charge on any atom is -0.544 e. The van der Waals surface area contributed by atoms with Crippen LogP contribution in [0, 0.1) is 6.92 Å². The second-order valence-electron chi connectivity index (χ2n) is 4.57. The normalized spacial score (nSPS) is 11.4. The molecule has 1 N–H and O–H groups in total. The Bertz CT molecular complexity index is 776. The Morgan fingerprint density at radius 1 is 1.50 bits per heavy atom. The highest BCUT2D eigenvalue weighted by Gasteiger charge is 2.12. The van der Waals surface area contributed by atoms with Crippen LogP contribution in [0.1, 0.15) is 18.3 Å². The number of carbonyl (C=O) groups is 1. The summed E-state index contributed by atoms with van der Waals surface area (Å²) >= 11 is 4.30. The zero-order chi connectivity index (χ0) is 17.7. The van der Waals surface area contributed by atoms with Gasteiger partial charge in [-0.15, -0.1) is 5.10 Å². The number of rotatable bonds is 7. The predicted octanol–water partition coefficient (Wildman–Crippen LogP) is 2.17. The fourth-order valence-electron chi connectivity index (χ4n) is 1.88. The highest BCUT2D eigenvalue weighted by Crippen LogP contribution is 2.37. The summed E-state index contributed by atoms with van der Waals surface area (Å²) in [4.78, 5) is 15.5. The number of carboxylic acid groups (broad SMARTS) is 1. The average Bonchev–Trinajstić information content (AvgIpc) is 2.92. The summed E-state index contributed by atoms with van der Waals surface area (Å²) in [5, 5.41) is 18.3. The summed E-state index contributed by atoms with van der Waals surface area (Å²) in [5.41, 5.74) is 0.616. The molecular formula is C15H15BrN3O4S-. The summed E-state index contributed by atoms with van der Waals surface area (Å²) in [6.07, 6.45) is 1.47. The highest BCUT2D eigenvalue weighted by atomic mass is 79.9. The summed E-state index contributed by atoms with van der Waals surface area (Å²) < 4.78 is 11.5. The van der Waals surface area contributed by atoms with Gasteiger partial charge in [-0.2, -0.15) is 0 Å². The lowest BCUT2D eigenvalue weighted by Gasteiger charge is -2.13. The largest absolute Gasteiger partial charge is 0.544 e. The molecule has 0 saturated carbocycles. The smallest absolute Gasteiger partial charge is 0.213 e. The molecule has 7 nitrogen and oxygen atoms in total. The van der Waals surface area contributed by atoms with Crippen LogP contribution in [0.2, 0.25) is 0 Å². The van der Waals surface area contributed by atoms with Crippen LogP contribution in [0.15, 0.2) is 26.7 Å². The Labute approximate surface area is 151 Å². The molecular weight excluding hydrogens is 398 g/mol. The topological polar surface area (TPSA) is 100 Å². The molecule has 0 fully saturated rings. The Balaban J connectivity index is 2.39. The number of H-pyrrole nitrogens is 1. The first-order valence-corrected chi connectivity index (χ1v) is 8.55. The van der Waals surface area contributed by atoms with Gasteiger partial charge >= 0.3 is 0 Å². The molecule has 128 valence electrons. The number of methoxy groups -OCH3 is 1. The number of thioether (sulfide) groups is 1. The van der Waals surface area contributed by atoms with Gasteiger partial charge in [0, 0.05) is 4.91 Å². The maximum atomic E-state index is 11.4. The SMILES string of the molecule is CCOc1cc(/C=C(/Sc2n[nH]c(C)n2)C(=O)[O-])cc(Br)c1OC. The lowest BCUT2D eigenvalue weighted by molar-refractivity contribution is -0.297. The summed E-state index contributed by atoms with van der Waals surface area (Å²) in [5.74, 6) is 0.340. The molecule has 0 unspecified atom stereocenters. The van der Waals surface area contributed by atoms with Crippen molar-refractivity contribution in [3.05, 3.63) is 32.9 Å². The number of aliphatic carboxylic acids is 1. The number of hydrogen-bond donors (Lipinski definition) is 1. The van der Waals surface area contributed by atoms with E-state index in [9.17, 15) is 9.90 Å². The van der Waals surface area contributed by atoms with Crippen molar-refractivity contribution in [1.82, 2.24) is 15.2 Å². The minimum absolute atomic E-state index is 0.0199. The third-order valence-electron chi connectivity index (χ3n) is 2.81. The fourth-order valence-corrected chi connectivity index (χ4v) is 3.25. The number of benzene rings is 1. The van der Waals surface area contributed by atoms with Gasteiger partial charge in [0.1, 0.15) is 5.82 Å². The zero-order valence-electron chi connectivity index (χ0n) is 13.3. The van der Waals surface area contributed by atoms with Gasteiger partial charge in [-0.3, -0.25) is 5.10 Å². The second kappa shape index (κ2) is 8.20. The van der Waals surface area contributed by atoms with E-state index in [-0.39, 0.29) is 4.91 Å². The molecule has 0 aliphatic carbocycles. The highest BCUT2D eigenvalue weighted by molar-refractivity contribution is 9.10. The molecule has 1 heterocycles. The van der Waals surface area contributed by atoms with Gasteiger partial charge in [0.15, 0.2) is 11.5 Å².